The largest absolute Gasteiger partial charge is 0.486 e. The van der Waals surface area contributed by atoms with E-state index in [0.29, 0.717) is 37.7 Å². The molecule has 22 heavy (non-hydrogen) atoms. The highest BCUT2D eigenvalue weighted by Gasteiger charge is 2.26. The van der Waals surface area contributed by atoms with Gasteiger partial charge in [-0.05, 0) is 38.0 Å². The Bertz CT molecular complexity index is 568. The van der Waals surface area contributed by atoms with Crippen LogP contribution < -0.4 is 14.8 Å². The molecule has 2 rings (SSSR count). The van der Waals surface area contributed by atoms with Crippen LogP contribution in [0.15, 0.2) is 18.2 Å². The van der Waals surface area contributed by atoms with Gasteiger partial charge in [-0.3, -0.25) is 9.59 Å². The molecule has 0 fully saturated rings. The molecule has 6 nitrogen and oxygen atoms in total. The SMILES string of the molecule is CC(C)(CCNC(=O)Cc1ccc2c(c1)OCCO2)C(=O)O. The number of amides is 1. The van der Waals surface area contributed by atoms with Crippen LogP contribution in [0.3, 0.4) is 0 Å². The Morgan fingerprint density at radius 3 is 2.59 bits per heavy atom. The number of hydrogen-bond acceptors (Lipinski definition) is 4. The van der Waals surface area contributed by atoms with Crippen molar-refractivity contribution in [3.63, 3.8) is 0 Å². The van der Waals surface area contributed by atoms with Gasteiger partial charge in [0.1, 0.15) is 13.2 Å². The number of hydrogen-bond donors (Lipinski definition) is 2. The van der Waals surface area contributed by atoms with E-state index in [4.69, 9.17) is 14.6 Å². The minimum Gasteiger partial charge on any atom is -0.486 e. The maximum Gasteiger partial charge on any atom is 0.309 e. The first kappa shape index (κ1) is 16.1. The zero-order valence-corrected chi connectivity index (χ0v) is 12.8. The van der Waals surface area contributed by atoms with Crippen LogP contribution in [0.4, 0.5) is 0 Å². The van der Waals surface area contributed by atoms with Gasteiger partial charge in [0.25, 0.3) is 0 Å². The van der Waals surface area contributed by atoms with Gasteiger partial charge in [0.15, 0.2) is 11.5 Å². The zero-order chi connectivity index (χ0) is 16.2. The lowest BCUT2D eigenvalue weighted by Gasteiger charge is -2.19. The third-order valence-electron chi connectivity index (χ3n) is 3.62. The number of ether oxygens (including phenoxy) is 2. The topological polar surface area (TPSA) is 84.9 Å². The van der Waals surface area contributed by atoms with E-state index in [1.54, 1.807) is 26.0 Å². The summed E-state index contributed by atoms with van der Waals surface area (Å²) in [6, 6.07) is 5.42. The first-order valence-corrected chi connectivity index (χ1v) is 7.27. The van der Waals surface area contributed by atoms with Crippen LogP contribution in [0, 0.1) is 5.41 Å². The average Bonchev–Trinajstić information content (AvgIpc) is 2.46. The number of carbonyl (C=O) groups is 2. The van der Waals surface area contributed by atoms with Crippen LogP contribution in [0.1, 0.15) is 25.8 Å². The second kappa shape index (κ2) is 6.68. The van der Waals surface area contributed by atoms with Gasteiger partial charge in [0.2, 0.25) is 5.91 Å². The summed E-state index contributed by atoms with van der Waals surface area (Å²) in [6.07, 6.45) is 0.610. The molecule has 6 heteroatoms. The fourth-order valence-corrected chi connectivity index (χ4v) is 2.07. The number of benzene rings is 1. The van der Waals surface area contributed by atoms with Crippen LogP contribution >= 0.6 is 0 Å². The quantitative estimate of drug-likeness (QED) is 0.834. The Kier molecular flexibility index (Phi) is 4.90. The molecule has 1 aromatic rings. The lowest BCUT2D eigenvalue weighted by atomic mass is 9.90. The van der Waals surface area contributed by atoms with Crippen molar-refractivity contribution in [3.05, 3.63) is 23.8 Å². The van der Waals surface area contributed by atoms with E-state index in [-0.39, 0.29) is 12.3 Å². The maximum atomic E-state index is 11.9. The normalized spacial score (nSPS) is 13.5. The molecule has 0 radical (unpaired) electrons. The Hall–Kier alpha value is -2.24. The molecule has 0 bridgehead atoms. The summed E-state index contributed by atoms with van der Waals surface area (Å²) in [5.74, 6) is 0.341. The molecule has 0 spiro atoms. The Labute approximate surface area is 129 Å². The van der Waals surface area contributed by atoms with E-state index < -0.39 is 11.4 Å². The van der Waals surface area contributed by atoms with E-state index in [1.807, 2.05) is 6.07 Å². The highest BCUT2D eigenvalue weighted by atomic mass is 16.6. The van der Waals surface area contributed by atoms with Gasteiger partial charge in [-0.15, -0.1) is 0 Å². The Morgan fingerprint density at radius 1 is 1.23 bits per heavy atom. The van der Waals surface area contributed by atoms with Crippen LogP contribution in [0.5, 0.6) is 11.5 Å². The number of fused-ring (bicyclic) bond motifs is 1. The Morgan fingerprint density at radius 2 is 1.91 bits per heavy atom. The summed E-state index contributed by atoms with van der Waals surface area (Å²) in [4.78, 5) is 22.9. The highest BCUT2D eigenvalue weighted by Crippen LogP contribution is 2.30. The van der Waals surface area contributed by atoms with Crippen molar-refractivity contribution in [2.75, 3.05) is 19.8 Å². The summed E-state index contributed by atoms with van der Waals surface area (Å²) >= 11 is 0. The second-order valence-corrected chi connectivity index (χ2v) is 5.94. The summed E-state index contributed by atoms with van der Waals surface area (Å²) in [7, 11) is 0. The Balaban J connectivity index is 1.83. The fourth-order valence-electron chi connectivity index (χ4n) is 2.07. The lowest BCUT2D eigenvalue weighted by molar-refractivity contribution is -0.147. The molecule has 0 aliphatic carbocycles. The highest BCUT2D eigenvalue weighted by molar-refractivity contribution is 5.79. The average molecular weight is 307 g/mol. The molecule has 120 valence electrons. The predicted molar refractivity (Wildman–Crippen MR) is 80.2 cm³/mol. The van der Waals surface area contributed by atoms with Crippen LogP contribution in [0.25, 0.3) is 0 Å². The molecule has 0 saturated carbocycles. The molecule has 2 N–H and O–H groups in total. The number of carbonyl (C=O) groups excluding carboxylic acids is 1. The monoisotopic (exact) mass is 307 g/mol. The van der Waals surface area contributed by atoms with Crippen molar-refractivity contribution in [1.82, 2.24) is 5.32 Å². The molecule has 0 atom stereocenters. The van der Waals surface area contributed by atoms with E-state index in [2.05, 4.69) is 5.32 Å². The molecule has 0 unspecified atom stereocenters. The maximum absolute atomic E-state index is 11.9. The summed E-state index contributed by atoms with van der Waals surface area (Å²) in [5, 5.41) is 11.8. The second-order valence-electron chi connectivity index (χ2n) is 5.94. The van der Waals surface area contributed by atoms with E-state index in [9.17, 15) is 9.59 Å². The minimum absolute atomic E-state index is 0.141. The first-order chi connectivity index (χ1) is 10.4. The fraction of sp³-hybridized carbons (Fsp3) is 0.500. The van der Waals surface area contributed by atoms with Gasteiger partial charge in [-0.25, -0.2) is 0 Å². The van der Waals surface area contributed by atoms with Crippen LogP contribution in [0.2, 0.25) is 0 Å². The van der Waals surface area contributed by atoms with Crippen molar-refractivity contribution < 1.29 is 24.2 Å². The van der Waals surface area contributed by atoms with Crippen molar-refractivity contribution in [2.45, 2.75) is 26.7 Å². The molecule has 1 heterocycles. The summed E-state index contributed by atoms with van der Waals surface area (Å²) < 4.78 is 10.9. The molecular formula is C16H21NO5. The standard InChI is InChI=1S/C16H21NO5/c1-16(2,15(19)20)5-6-17-14(18)10-11-3-4-12-13(9-11)22-8-7-21-12/h3-4,9H,5-8,10H2,1-2H3,(H,17,18)(H,19,20). The van der Waals surface area contributed by atoms with Gasteiger partial charge < -0.3 is 19.9 Å². The smallest absolute Gasteiger partial charge is 0.309 e. The number of rotatable bonds is 6. The molecule has 1 aromatic carbocycles. The predicted octanol–water partition coefficient (Wildman–Crippen LogP) is 1.62. The number of aliphatic carboxylic acids is 1. The summed E-state index contributed by atoms with van der Waals surface area (Å²) in [6.45, 7) is 4.66. The van der Waals surface area contributed by atoms with Crippen LogP contribution in [-0.2, 0) is 16.0 Å². The van der Waals surface area contributed by atoms with Crippen molar-refractivity contribution in [1.29, 1.82) is 0 Å². The molecule has 1 aliphatic rings. The zero-order valence-electron chi connectivity index (χ0n) is 12.8. The van der Waals surface area contributed by atoms with Gasteiger partial charge in [-0.2, -0.15) is 0 Å². The molecule has 0 aromatic heterocycles. The third-order valence-corrected chi connectivity index (χ3v) is 3.62. The van der Waals surface area contributed by atoms with Crippen LogP contribution in [-0.4, -0.2) is 36.7 Å². The van der Waals surface area contributed by atoms with Crippen molar-refractivity contribution >= 4 is 11.9 Å². The number of carboxylic acids is 1. The van der Waals surface area contributed by atoms with Gasteiger partial charge in [0, 0.05) is 6.54 Å². The van der Waals surface area contributed by atoms with Crippen molar-refractivity contribution in [2.24, 2.45) is 5.41 Å². The lowest BCUT2D eigenvalue weighted by Crippen LogP contribution is -2.32. The van der Waals surface area contributed by atoms with Crippen molar-refractivity contribution in [3.8, 4) is 11.5 Å². The number of nitrogens with one attached hydrogen (secondary N) is 1. The molecule has 1 aliphatic heterocycles. The van der Waals surface area contributed by atoms with Gasteiger partial charge >= 0.3 is 5.97 Å². The van der Waals surface area contributed by atoms with E-state index >= 15 is 0 Å². The van der Waals surface area contributed by atoms with E-state index in [0.717, 1.165) is 5.56 Å². The van der Waals surface area contributed by atoms with E-state index in [1.165, 1.54) is 0 Å². The summed E-state index contributed by atoms with van der Waals surface area (Å²) in [5.41, 5.74) is -0.0103. The van der Waals surface area contributed by atoms with Gasteiger partial charge in [0.05, 0.1) is 11.8 Å². The third kappa shape index (κ3) is 4.13. The van der Waals surface area contributed by atoms with Gasteiger partial charge in [-0.1, -0.05) is 6.07 Å². The minimum atomic E-state index is -0.867. The molecule has 0 saturated heterocycles. The first-order valence-electron chi connectivity index (χ1n) is 7.27. The number of carboxylic acid groups (broad SMARTS) is 1. The molecular weight excluding hydrogens is 286 g/mol. The molecule has 1 amide bonds.